The summed E-state index contributed by atoms with van der Waals surface area (Å²) in [4.78, 5) is 21.8. The topological polar surface area (TPSA) is 98.7 Å². The molecule has 0 bridgehead atoms. The first kappa shape index (κ1) is 17.0. The molecule has 21 heavy (non-hydrogen) atoms. The summed E-state index contributed by atoms with van der Waals surface area (Å²) >= 11 is 0. The summed E-state index contributed by atoms with van der Waals surface area (Å²) in [6.07, 6.45) is -0.373. The summed E-state index contributed by atoms with van der Waals surface area (Å²) in [7, 11) is 0. The number of amides is 2. The molecule has 1 unspecified atom stereocenters. The average Bonchev–Trinajstić information content (AvgIpc) is 2.39. The fourth-order valence-corrected chi connectivity index (χ4v) is 2.01. The highest BCUT2D eigenvalue weighted by Crippen LogP contribution is 2.16. The first-order chi connectivity index (χ1) is 9.88. The van der Waals surface area contributed by atoms with Crippen LogP contribution in [0.25, 0.3) is 0 Å². The standard InChI is InChI=1S/C15H22N2O4/c1-10-6-11(2)8-12(7-10)13(18)9-17-15(21)16-5-3-4-14(19)20/h6-8,13,18H,3-5,9H2,1-2H3,(H,19,20)(H2,16,17,21). The fraction of sp³-hybridized carbons (Fsp3) is 0.467. The van der Waals surface area contributed by atoms with Crippen LogP contribution in [0.3, 0.4) is 0 Å². The van der Waals surface area contributed by atoms with Crippen LogP contribution in [0, 0.1) is 13.8 Å². The average molecular weight is 294 g/mol. The van der Waals surface area contributed by atoms with Gasteiger partial charge in [-0.15, -0.1) is 0 Å². The van der Waals surface area contributed by atoms with E-state index in [9.17, 15) is 14.7 Å². The highest BCUT2D eigenvalue weighted by Gasteiger charge is 2.10. The second kappa shape index (κ2) is 8.26. The molecule has 0 radical (unpaired) electrons. The number of urea groups is 1. The number of aliphatic hydroxyl groups excluding tert-OH is 1. The number of carbonyl (C=O) groups excluding carboxylic acids is 1. The molecular weight excluding hydrogens is 272 g/mol. The van der Waals surface area contributed by atoms with E-state index in [1.54, 1.807) is 0 Å². The van der Waals surface area contributed by atoms with Crippen molar-refractivity contribution in [1.29, 1.82) is 0 Å². The molecule has 1 atom stereocenters. The number of rotatable bonds is 7. The summed E-state index contributed by atoms with van der Waals surface area (Å²) in [6, 6.07) is 5.36. The Hall–Kier alpha value is -2.08. The van der Waals surface area contributed by atoms with Crippen LogP contribution in [-0.2, 0) is 4.79 Å². The molecule has 0 aliphatic heterocycles. The zero-order valence-electron chi connectivity index (χ0n) is 12.3. The molecule has 0 spiro atoms. The van der Waals surface area contributed by atoms with Crippen LogP contribution in [-0.4, -0.2) is 35.3 Å². The highest BCUT2D eigenvalue weighted by molar-refractivity contribution is 5.74. The molecule has 1 aromatic rings. The van der Waals surface area contributed by atoms with Crippen molar-refractivity contribution in [3.8, 4) is 0 Å². The number of carboxylic acids is 1. The highest BCUT2D eigenvalue weighted by atomic mass is 16.4. The second-order valence-electron chi connectivity index (χ2n) is 5.07. The number of hydrogen-bond acceptors (Lipinski definition) is 3. The molecule has 0 heterocycles. The normalized spacial score (nSPS) is 11.8. The van der Waals surface area contributed by atoms with Gasteiger partial charge in [-0.2, -0.15) is 0 Å². The predicted octanol–water partition coefficient (Wildman–Crippen LogP) is 1.50. The molecule has 0 fully saturated rings. The smallest absolute Gasteiger partial charge is 0.314 e. The largest absolute Gasteiger partial charge is 0.481 e. The van der Waals surface area contributed by atoms with Crippen molar-refractivity contribution in [3.05, 3.63) is 34.9 Å². The van der Waals surface area contributed by atoms with Crippen molar-refractivity contribution < 1.29 is 19.8 Å². The molecule has 116 valence electrons. The maximum Gasteiger partial charge on any atom is 0.314 e. The maximum absolute atomic E-state index is 11.5. The van der Waals surface area contributed by atoms with Crippen molar-refractivity contribution >= 4 is 12.0 Å². The van der Waals surface area contributed by atoms with Crippen LogP contribution in [0.5, 0.6) is 0 Å². The van der Waals surface area contributed by atoms with Crippen molar-refractivity contribution in [2.24, 2.45) is 0 Å². The van der Waals surface area contributed by atoms with E-state index in [2.05, 4.69) is 10.6 Å². The van der Waals surface area contributed by atoms with Crippen molar-refractivity contribution in [2.45, 2.75) is 32.8 Å². The van der Waals surface area contributed by atoms with Gasteiger partial charge in [-0.1, -0.05) is 29.3 Å². The van der Waals surface area contributed by atoms with Crippen LogP contribution in [0.15, 0.2) is 18.2 Å². The van der Waals surface area contributed by atoms with E-state index in [1.165, 1.54) is 0 Å². The molecule has 0 aliphatic carbocycles. The van der Waals surface area contributed by atoms with Gasteiger partial charge in [-0.05, 0) is 25.8 Å². The molecule has 0 saturated heterocycles. The van der Waals surface area contributed by atoms with Gasteiger partial charge < -0.3 is 20.8 Å². The van der Waals surface area contributed by atoms with Gasteiger partial charge in [0.15, 0.2) is 0 Å². The Labute approximate surface area is 124 Å². The third-order valence-electron chi connectivity index (χ3n) is 2.94. The molecule has 2 amide bonds. The van der Waals surface area contributed by atoms with Gasteiger partial charge in [0.1, 0.15) is 0 Å². The van der Waals surface area contributed by atoms with Gasteiger partial charge >= 0.3 is 12.0 Å². The van der Waals surface area contributed by atoms with Gasteiger partial charge in [-0.3, -0.25) is 4.79 Å². The zero-order chi connectivity index (χ0) is 15.8. The molecule has 0 saturated carbocycles. The minimum Gasteiger partial charge on any atom is -0.481 e. The van der Waals surface area contributed by atoms with E-state index >= 15 is 0 Å². The Bertz CT molecular complexity index is 482. The van der Waals surface area contributed by atoms with Gasteiger partial charge in [0, 0.05) is 19.5 Å². The molecule has 6 heteroatoms. The third-order valence-corrected chi connectivity index (χ3v) is 2.94. The number of benzene rings is 1. The molecule has 0 aromatic heterocycles. The first-order valence-electron chi connectivity index (χ1n) is 6.88. The monoisotopic (exact) mass is 294 g/mol. The van der Waals surface area contributed by atoms with Crippen molar-refractivity contribution in [1.82, 2.24) is 10.6 Å². The Kier molecular flexibility index (Phi) is 6.68. The fourth-order valence-electron chi connectivity index (χ4n) is 2.01. The summed E-state index contributed by atoms with van der Waals surface area (Å²) < 4.78 is 0. The molecular formula is C15H22N2O4. The maximum atomic E-state index is 11.5. The molecule has 0 aliphatic rings. The van der Waals surface area contributed by atoms with E-state index in [-0.39, 0.29) is 19.5 Å². The Morgan fingerprint density at radius 1 is 1.14 bits per heavy atom. The number of aliphatic hydroxyl groups is 1. The number of nitrogens with one attached hydrogen (secondary N) is 2. The van der Waals surface area contributed by atoms with E-state index in [1.807, 2.05) is 32.0 Å². The number of aliphatic carboxylic acids is 1. The Balaban J connectivity index is 2.33. The second-order valence-corrected chi connectivity index (χ2v) is 5.07. The van der Waals surface area contributed by atoms with Crippen LogP contribution >= 0.6 is 0 Å². The van der Waals surface area contributed by atoms with E-state index in [0.29, 0.717) is 6.42 Å². The quantitative estimate of drug-likeness (QED) is 0.573. The van der Waals surface area contributed by atoms with Crippen molar-refractivity contribution in [3.63, 3.8) is 0 Å². The summed E-state index contributed by atoms with van der Waals surface area (Å²) in [6.45, 7) is 4.29. The first-order valence-corrected chi connectivity index (χ1v) is 6.88. The zero-order valence-corrected chi connectivity index (χ0v) is 12.3. The summed E-state index contributed by atoms with van der Waals surface area (Å²) in [5.74, 6) is -0.887. The van der Waals surface area contributed by atoms with E-state index in [4.69, 9.17) is 5.11 Å². The van der Waals surface area contributed by atoms with Crippen LogP contribution in [0.2, 0.25) is 0 Å². The predicted molar refractivity (Wildman–Crippen MR) is 79.1 cm³/mol. The number of aryl methyl sites for hydroxylation is 2. The minimum absolute atomic E-state index is 0.0193. The summed E-state index contributed by atoms with van der Waals surface area (Å²) in [5, 5.41) is 23.6. The van der Waals surface area contributed by atoms with Gasteiger partial charge in [0.25, 0.3) is 0 Å². The van der Waals surface area contributed by atoms with Crippen LogP contribution in [0.4, 0.5) is 4.79 Å². The molecule has 1 aromatic carbocycles. The Morgan fingerprint density at radius 2 is 1.76 bits per heavy atom. The number of carboxylic acid groups (broad SMARTS) is 1. The molecule has 6 nitrogen and oxygen atoms in total. The van der Waals surface area contributed by atoms with Gasteiger partial charge in [0.05, 0.1) is 6.10 Å². The lowest BCUT2D eigenvalue weighted by Crippen LogP contribution is -2.38. The Morgan fingerprint density at radius 3 is 2.33 bits per heavy atom. The van der Waals surface area contributed by atoms with Crippen LogP contribution in [0.1, 0.15) is 35.6 Å². The number of hydrogen-bond donors (Lipinski definition) is 4. The SMILES string of the molecule is Cc1cc(C)cc(C(O)CNC(=O)NCCCC(=O)O)c1. The van der Waals surface area contributed by atoms with Crippen LogP contribution < -0.4 is 10.6 Å². The van der Waals surface area contributed by atoms with E-state index < -0.39 is 18.1 Å². The molecule has 4 N–H and O–H groups in total. The lowest BCUT2D eigenvalue weighted by atomic mass is 10.0. The summed E-state index contributed by atoms with van der Waals surface area (Å²) in [5.41, 5.74) is 2.88. The minimum atomic E-state index is -0.887. The van der Waals surface area contributed by atoms with Crippen molar-refractivity contribution in [2.75, 3.05) is 13.1 Å². The molecule has 1 rings (SSSR count). The lowest BCUT2D eigenvalue weighted by molar-refractivity contribution is -0.137. The van der Waals surface area contributed by atoms with E-state index in [0.717, 1.165) is 16.7 Å². The number of carbonyl (C=O) groups is 2. The lowest BCUT2D eigenvalue weighted by Gasteiger charge is -2.14. The van der Waals surface area contributed by atoms with Gasteiger partial charge in [0.2, 0.25) is 0 Å². The third kappa shape index (κ3) is 6.76. The van der Waals surface area contributed by atoms with Gasteiger partial charge in [-0.25, -0.2) is 4.79 Å².